The molecule has 0 spiro atoms. The zero-order valence-electron chi connectivity index (χ0n) is 16.2. The number of nitrogens with one attached hydrogen (secondary N) is 1. The van der Waals surface area contributed by atoms with E-state index in [4.69, 9.17) is 11.6 Å². The topological polar surface area (TPSA) is 86.7 Å². The van der Waals surface area contributed by atoms with Gasteiger partial charge in [0.25, 0.3) is 15.9 Å². The molecule has 0 atom stereocenters. The Kier molecular flexibility index (Phi) is 5.60. The number of likely N-dealkylation sites (tertiary alicyclic amines) is 1. The second-order valence-corrected chi connectivity index (χ2v) is 9.17. The van der Waals surface area contributed by atoms with Crippen molar-refractivity contribution in [1.82, 2.24) is 4.90 Å². The third-order valence-corrected chi connectivity index (χ3v) is 6.69. The van der Waals surface area contributed by atoms with Gasteiger partial charge in [0, 0.05) is 18.7 Å². The van der Waals surface area contributed by atoms with Crippen LogP contribution in [0.2, 0.25) is 5.02 Å². The SMILES string of the molecule is O=C(c1cc(Cl)c(O)c(S(=O)(=O)Nc2cc(-c3ccccc3)ccc2F)c1)N1CCC1. The summed E-state index contributed by atoms with van der Waals surface area (Å²) >= 11 is 5.99. The summed E-state index contributed by atoms with van der Waals surface area (Å²) in [5.41, 5.74) is 1.11. The summed E-state index contributed by atoms with van der Waals surface area (Å²) in [4.78, 5) is 13.4. The van der Waals surface area contributed by atoms with Crippen molar-refractivity contribution in [2.45, 2.75) is 11.3 Å². The highest BCUT2D eigenvalue weighted by molar-refractivity contribution is 7.92. The van der Waals surface area contributed by atoms with Crippen molar-refractivity contribution < 1.29 is 22.7 Å². The number of phenolic OH excluding ortho intramolecular Hbond substituents is 1. The molecule has 1 aliphatic heterocycles. The number of carbonyl (C=O) groups is 1. The molecule has 0 radical (unpaired) electrons. The van der Waals surface area contributed by atoms with Gasteiger partial charge in [-0.1, -0.05) is 48.0 Å². The van der Waals surface area contributed by atoms with Gasteiger partial charge in [-0.25, -0.2) is 12.8 Å². The summed E-state index contributed by atoms with van der Waals surface area (Å²) in [6.07, 6.45) is 0.862. The fraction of sp³-hybridized carbons (Fsp3) is 0.136. The normalized spacial score (nSPS) is 13.5. The number of sulfonamides is 1. The Morgan fingerprint density at radius 3 is 2.39 bits per heavy atom. The number of carbonyl (C=O) groups excluding carboxylic acids is 1. The molecule has 3 aromatic carbocycles. The summed E-state index contributed by atoms with van der Waals surface area (Å²) in [6.45, 7) is 1.13. The number of phenols is 1. The minimum atomic E-state index is -4.45. The van der Waals surface area contributed by atoms with Crippen molar-refractivity contribution in [1.29, 1.82) is 0 Å². The molecule has 0 aromatic heterocycles. The minimum Gasteiger partial charge on any atom is -0.505 e. The molecular formula is C22H18ClFN2O4S. The predicted octanol–water partition coefficient (Wildman–Crippen LogP) is 4.50. The van der Waals surface area contributed by atoms with Crippen LogP contribution in [0.4, 0.5) is 10.1 Å². The number of benzene rings is 3. The van der Waals surface area contributed by atoms with Gasteiger partial charge < -0.3 is 10.0 Å². The smallest absolute Gasteiger partial charge is 0.265 e. The van der Waals surface area contributed by atoms with E-state index in [1.807, 2.05) is 30.3 Å². The maximum absolute atomic E-state index is 14.4. The Morgan fingerprint density at radius 1 is 1.03 bits per heavy atom. The van der Waals surface area contributed by atoms with E-state index in [0.29, 0.717) is 18.7 Å². The number of aromatic hydroxyl groups is 1. The Balaban J connectivity index is 1.71. The molecule has 9 heteroatoms. The van der Waals surface area contributed by atoms with Crippen LogP contribution < -0.4 is 4.72 Å². The van der Waals surface area contributed by atoms with Crippen LogP contribution in [0.1, 0.15) is 16.8 Å². The zero-order chi connectivity index (χ0) is 22.2. The van der Waals surface area contributed by atoms with Crippen LogP contribution >= 0.6 is 11.6 Å². The predicted molar refractivity (Wildman–Crippen MR) is 116 cm³/mol. The largest absolute Gasteiger partial charge is 0.505 e. The first kappa shape index (κ1) is 21.1. The number of amides is 1. The molecule has 3 aromatic rings. The molecule has 6 nitrogen and oxygen atoms in total. The minimum absolute atomic E-state index is 0.0291. The molecule has 0 bridgehead atoms. The van der Waals surface area contributed by atoms with Crippen molar-refractivity contribution in [2.75, 3.05) is 17.8 Å². The quantitative estimate of drug-likeness (QED) is 0.587. The summed E-state index contributed by atoms with van der Waals surface area (Å²) in [5, 5.41) is 9.97. The van der Waals surface area contributed by atoms with E-state index >= 15 is 0 Å². The average molecular weight is 461 g/mol. The zero-order valence-corrected chi connectivity index (χ0v) is 17.8. The van der Waals surface area contributed by atoms with E-state index in [-0.39, 0.29) is 22.2 Å². The van der Waals surface area contributed by atoms with Crippen LogP contribution in [0, 0.1) is 5.82 Å². The molecule has 160 valence electrons. The first-order chi connectivity index (χ1) is 14.8. The fourth-order valence-electron chi connectivity index (χ4n) is 3.22. The molecule has 1 heterocycles. The Bertz CT molecular complexity index is 1260. The van der Waals surface area contributed by atoms with Gasteiger partial charge in [-0.15, -0.1) is 0 Å². The lowest BCUT2D eigenvalue weighted by Gasteiger charge is -2.31. The number of rotatable bonds is 5. The van der Waals surface area contributed by atoms with Gasteiger partial charge in [0.2, 0.25) is 0 Å². The Morgan fingerprint density at radius 2 is 1.74 bits per heavy atom. The summed E-state index contributed by atoms with van der Waals surface area (Å²) in [6, 6.07) is 15.4. The lowest BCUT2D eigenvalue weighted by molar-refractivity contribution is 0.0651. The average Bonchev–Trinajstić information content (AvgIpc) is 2.70. The van der Waals surface area contributed by atoms with Crippen LogP contribution in [-0.2, 0) is 10.0 Å². The van der Waals surface area contributed by atoms with Gasteiger partial charge in [0.1, 0.15) is 10.7 Å². The molecule has 1 saturated heterocycles. The van der Waals surface area contributed by atoms with Crippen LogP contribution in [0.5, 0.6) is 5.75 Å². The standard InChI is InChI=1S/C22H18ClFN2O4S/c23-17-11-16(22(28)26-9-4-10-26)13-20(21(17)27)31(29,30)25-19-12-15(7-8-18(19)24)14-5-2-1-3-6-14/h1-3,5-8,11-13,25,27H,4,9-10H2. The van der Waals surface area contributed by atoms with Gasteiger partial charge >= 0.3 is 0 Å². The van der Waals surface area contributed by atoms with Crippen molar-refractivity contribution in [2.24, 2.45) is 0 Å². The summed E-state index contributed by atoms with van der Waals surface area (Å²) < 4.78 is 42.5. The van der Waals surface area contributed by atoms with Crippen LogP contribution in [0.25, 0.3) is 11.1 Å². The molecule has 0 saturated carbocycles. The van der Waals surface area contributed by atoms with Crippen LogP contribution in [0.15, 0.2) is 65.6 Å². The molecule has 1 aliphatic rings. The number of nitrogens with zero attached hydrogens (tertiary/aromatic N) is 1. The van der Waals surface area contributed by atoms with E-state index in [2.05, 4.69) is 4.72 Å². The molecular weight excluding hydrogens is 443 g/mol. The van der Waals surface area contributed by atoms with E-state index < -0.39 is 26.5 Å². The number of hydrogen-bond acceptors (Lipinski definition) is 4. The van der Waals surface area contributed by atoms with Crippen LogP contribution in [0.3, 0.4) is 0 Å². The van der Waals surface area contributed by atoms with Gasteiger partial charge in [-0.3, -0.25) is 9.52 Å². The van der Waals surface area contributed by atoms with Gasteiger partial charge in [0.05, 0.1) is 10.7 Å². The van der Waals surface area contributed by atoms with Gasteiger partial charge in [0.15, 0.2) is 5.75 Å². The van der Waals surface area contributed by atoms with Crippen molar-refractivity contribution in [3.63, 3.8) is 0 Å². The third-order valence-electron chi connectivity index (χ3n) is 5.03. The lowest BCUT2D eigenvalue weighted by Crippen LogP contribution is -2.42. The maximum Gasteiger partial charge on any atom is 0.265 e. The monoisotopic (exact) mass is 460 g/mol. The van der Waals surface area contributed by atoms with Crippen molar-refractivity contribution >= 4 is 33.2 Å². The first-order valence-electron chi connectivity index (χ1n) is 9.46. The van der Waals surface area contributed by atoms with E-state index in [0.717, 1.165) is 24.1 Å². The molecule has 4 rings (SSSR count). The molecule has 2 N–H and O–H groups in total. The highest BCUT2D eigenvalue weighted by atomic mass is 35.5. The lowest BCUT2D eigenvalue weighted by atomic mass is 10.1. The highest BCUT2D eigenvalue weighted by Gasteiger charge is 2.28. The first-order valence-corrected chi connectivity index (χ1v) is 11.3. The number of halogens is 2. The second-order valence-electron chi connectivity index (χ2n) is 7.12. The molecule has 1 fully saturated rings. The molecule has 0 aliphatic carbocycles. The molecule has 31 heavy (non-hydrogen) atoms. The maximum atomic E-state index is 14.4. The Labute approximate surface area is 183 Å². The van der Waals surface area contributed by atoms with Gasteiger partial charge in [-0.05, 0) is 41.8 Å². The summed E-state index contributed by atoms with van der Waals surface area (Å²) in [5.74, 6) is -1.89. The van der Waals surface area contributed by atoms with Crippen molar-refractivity contribution in [3.05, 3.63) is 77.1 Å². The third kappa shape index (κ3) is 4.22. The Hall–Kier alpha value is -3.10. The number of hydrogen-bond donors (Lipinski definition) is 2. The fourth-order valence-corrected chi connectivity index (χ4v) is 4.70. The van der Waals surface area contributed by atoms with E-state index in [1.165, 1.54) is 23.1 Å². The van der Waals surface area contributed by atoms with E-state index in [9.17, 15) is 22.7 Å². The second kappa shape index (κ2) is 8.20. The molecule has 0 unspecified atom stereocenters. The van der Waals surface area contributed by atoms with E-state index in [1.54, 1.807) is 0 Å². The summed E-state index contributed by atoms with van der Waals surface area (Å²) in [7, 11) is -4.45. The van der Waals surface area contributed by atoms with Crippen LogP contribution in [-0.4, -0.2) is 37.4 Å². The highest BCUT2D eigenvalue weighted by Crippen LogP contribution is 2.35. The van der Waals surface area contributed by atoms with Crippen molar-refractivity contribution in [3.8, 4) is 16.9 Å². The van der Waals surface area contributed by atoms with Gasteiger partial charge in [-0.2, -0.15) is 0 Å². The molecule has 1 amide bonds. The number of anilines is 1.